The van der Waals surface area contributed by atoms with Gasteiger partial charge in [-0.2, -0.15) is 0 Å². The van der Waals surface area contributed by atoms with Crippen molar-refractivity contribution in [2.75, 3.05) is 13.6 Å². The summed E-state index contributed by atoms with van der Waals surface area (Å²) in [6.07, 6.45) is 1.43. The van der Waals surface area contributed by atoms with Crippen molar-refractivity contribution in [1.29, 1.82) is 0 Å². The summed E-state index contributed by atoms with van der Waals surface area (Å²) in [5.74, 6) is -0.00483. The predicted molar refractivity (Wildman–Crippen MR) is 85.9 cm³/mol. The normalized spacial score (nSPS) is 11.9. The summed E-state index contributed by atoms with van der Waals surface area (Å²) in [7, 11) is 1.82. The molecule has 110 valence electrons. The minimum Gasteiger partial charge on any atom is -0.344 e. The first-order valence-electron chi connectivity index (χ1n) is 7.25. The van der Waals surface area contributed by atoms with Gasteiger partial charge in [0.2, 0.25) is 5.91 Å². The summed E-state index contributed by atoms with van der Waals surface area (Å²) >= 11 is 0. The molecule has 0 saturated carbocycles. The van der Waals surface area contributed by atoms with Gasteiger partial charge in [-0.05, 0) is 24.0 Å². The fraction of sp³-hybridized carbons (Fsp3) is 0.278. The summed E-state index contributed by atoms with van der Waals surface area (Å²) in [4.78, 5) is 14.0. The van der Waals surface area contributed by atoms with Crippen molar-refractivity contribution in [3.05, 3.63) is 71.8 Å². The molecule has 0 spiro atoms. The first-order chi connectivity index (χ1) is 10.2. The number of hydrogen-bond donors (Lipinski definition) is 1. The van der Waals surface area contributed by atoms with Crippen LogP contribution in [-0.2, 0) is 17.6 Å². The molecule has 0 bridgehead atoms. The van der Waals surface area contributed by atoms with Crippen LogP contribution < -0.4 is 5.73 Å². The van der Waals surface area contributed by atoms with Gasteiger partial charge >= 0.3 is 0 Å². The number of likely N-dealkylation sites (N-methyl/N-ethyl adjacent to an activating group) is 1. The number of nitrogens with zero attached hydrogens (tertiary/aromatic N) is 1. The van der Waals surface area contributed by atoms with E-state index in [1.54, 1.807) is 4.90 Å². The van der Waals surface area contributed by atoms with Crippen LogP contribution in [0.25, 0.3) is 0 Å². The Morgan fingerprint density at radius 1 is 1.00 bits per heavy atom. The van der Waals surface area contributed by atoms with Gasteiger partial charge in [-0.3, -0.25) is 4.79 Å². The van der Waals surface area contributed by atoms with E-state index in [4.69, 9.17) is 5.73 Å². The zero-order valence-corrected chi connectivity index (χ0v) is 12.4. The van der Waals surface area contributed by atoms with Crippen molar-refractivity contribution in [3.63, 3.8) is 0 Å². The summed E-state index contributed by atoms with van der Waals surface area (Å²) in [5.41, 5.74) is 8.35. The Labute approximate surface area is 126 Å². The monoisotopic (exact) mass is 282 g/mol. The highest BCUT2D eigenvalue weighted by Gasteiger charge is 2.18. The van der Waals surface area contributed by atoms with Crippen LogP contribution in [0.4, 0.5) is 0 Å². The van der Waals surface area contributed by atoms with Crippen LogP contribution in [0.1, 0.15) is 11.1 Å². The molecule has 0 fully saturated rings. The lowest BCUT2D eigenvalue weighted by molar-refractivity contribution is -0.131. The van der Waals surface area contributed by atoms with E-state index in [0.29, 0.717) is 13.0 Å². The zero-order chi connectivity index (χ0) is 15.1. The molecule has 1 amide bonds. The molecule has 21 heavy (non-hydrogen) atoms. The van der Waals surface area contributed by atoms with Crippen molar-refractivity contribution in [2.24, 2.45) is 5.73 Å². The van der Waals surface area contributed by atoms with E-state index in [-0.39, 0.29) is 5.91 Å². The van der Waals surface area contributed by atoms with Crippen LogP contribution in [0.15, 0.2) is 60.7 Å². The van der Waals surface area contributed by atoms with Crippen molar-refractivity contribution in [2.45, 2.75) is 18.9 Å². The SMILES string of the molecule is CN(CCc1ccccc1)C(=O)C(N)Cc1ccccc1. The molecule has 1 unspecified atom stereocenters. The van der Waals surface area contributed by atoms with Crippen molar-refractivity contribution >= 4 is 5.91 Å². The van der Waals surface area contributed by atoms with E-state index in [1.165, 1.54) is 5.56 Å². The molecule has 2 aromatic carbocycles. The molecular weight excluding hydrogens is 260 g/mol. The van der Waals surface area contributed by atoms with Crippen LogP contribution in [0.5, 0.6) is 0 Å². The molecule has 3 nitrogen and oxygen atoms in total. The average Bonchev–Trinajstić information content (AvgIpc) is 2.53. The van der Waals surface area contributed by atoms with Crippen LogP contribution in [0, 0.1) is 0 Å². The number of carbonyl (C=O) groups is 1. The molecule has 2 aromatic rings. The van der Waals surface area contributed by atoms with E-state index in [9.17, 15) is 4.79 Å². The van der Waals surface area contributed by atoms with Gasteiger partial charge in [-0.25, -0.2) is 0 Å². The second-order valence-corrected chi connectivity index (χ2v) is 5.29. The summed E-state index contributed by atoms with van der Waals surface area (Å²) in [6.45, 7) is 0.686. The third-order valence-corrected chi connectivity index (χ3v) is 3.57. The third kappa shape index (κ3) is 4.72. The Morgan fingerprint density at radius 2 is 1.52 bits per heavy atom. The Balaban J connectivity index is 1.84. The van der Waals surface area contributed by atoms with Crippen molar-refractivity contribution in [3.8, 4) is 0 Å². The van der Waals surface area contributed by atoms with Gasteiger partial charge in [0.05, 0.1) is 6.04 Å². The fourth-order valence-electron chi connectivity index (χ4n) is 2.29. The van der Waals surface area contributed by atoms with Crippen LogP contribution in [0.3, 0.4) is 0 Å². The van der Waals surface area contributed by atoms with Gasteiger partial charge in [0.15, 0.2) is 0 Å². The van der Waals surface area contributed by atoms with E-state index < -0.39 is 6.04 Å². The second kappa shape index (κ2) is 7.60. The molecule has 0 aliphatic heterocycles. The molecule has 0 saturated heterocycles. The maximum absolute atomic E-state index is 12.3. The smallest absolute Gasteiger partial charge is 0.239 e. The molecule has 0 aromatic heterocycles. The minimum absolute atomic E-state index is 0.00483. The Bertz CT molecular complexity index is 554. The number of rotatable bonds is 6. The first-order valence-corrected chi connectivity index (χ1v) is 7.25. The molecule has 1 atom stereocenters. The van der Waals surface area contributed by atoms with Crippen LogP contribution in [-0.4, -0.2) is 30.4 Å². The maximum Gasteiger partial charge on any atom is 0.239 e. The van der Waals surface area contributed by atoms with Gasteiger partial charge in [0.1, 0.15) is 0 Å². The molecular formula is C18H22N2O. The lowest BCUT2D eigenvalue weighted by Gasteiger charge is -2.21. The fourth-order valence-corrected chi connectivity index (χ4v) is 2.29. The number of nitrogens with two attached hydrogens (primary N) is 1. The predicted octanol–water partition coefficient (Wildman–Crippen LogP) is 2.26. The van der Waals surface area contributed by atoms with E-state index in [1.807, 2.05) is 55.6 Å². The maximum atomic E-state index is 12.3. The largest absolute Gasteiger partial charge is 0.344 e. The number of benzene rings is 2. The standard InChI is InChI=1S/C18H22N2O/c1-20(13-12-15-8-4-2-5-9-15)18(21)17(19)14-16-10-6-3-7-11-16/h2-11,17H,12-14,19H2,1H3. The van der Waals surface area contributed by atoms with Gasteiger partial charge < -0.3 is 10.6 Å². The van der Waals surface area contributed by atoms with Crippen molar-refractivity contribution < 1.29 is 4.79 Å². The molecule has 0 aliphatic carbocycles. The summed E-state index contributed by atoms with van der Waals surface area (Å²) in [5, 5.41) is 0. The Morgan fingerprint density at radius 3 is 2.10 bits per heavy atom. The quantitative estimate of drug-likeness (QED) is 0.883. The molecule has 3 heteroatoms. The number of amides is 1. The third-order valence-electron chi connectivity index (χ3n) is 3.57. The van der Waals surface area contributed by atoms with Crippen LogP contribution in [0.2, 0.25) is 0 Å². The van der Waals surface area contributed by atoms with E-state index in [0.717, 1.165) is 12.0 Å². The van der Waals surface area contributed by atoms with E-state index >= 15 is 0 Å². The highest BCUT2D eigenvalue weighted by Crippen LogP contribution is 2.05. The van der Waals surface area contributed by atoms with E-state index in [2.05, 4.69) is 12.1 Å². The zero-order valence-electron chi connectivity index (χ0n) is 12.4. The second-order valence-electron chi connectivity index (χ2n) is 5.29. The topological polar surface area (TPSA) is 46.3 Å². The van der Waals surface area contributed by atoms with Crippen LogP contribution >= 0.6 is 0 Å². The minimum atomic E-state index is -0.479. The highest BCUT2D eigenvalue weighted by atomic mass is 16.2. The molecule has 2 N–H and O–H groups in total. The highest BCUT2D eigenvalue weighted by molar-refractivity contribution is 5.81. The summed E-state index contributed by atoms with van der Waals surface area (Å²) in [6, 6.07) is 19.6. The average molecular weight is 282 g/mol. The lowest BCUT2D eigenvalue weighted by atomic mass is 10.1. The molecule has 0 aliphatic rings. The lowest BCUT2D eigenvalue weighted by Crippen LogP contribution is -2.43. The first kappa shape index (κ1) is 15.3. The van der Waals surface area contributed by atoms with Gasteiger partial charge in [0.25, 0.3) is 0 Å². The molecule has 2 rings (SSSR count). The Hall–Kier alpha value is -2.13. The van der Waals surface area contributed by atoms with Crippen molar-refractivity contribution in [1.82, 2.24) is 4.90 Å². The van der Waals surface area contributed by atoms with Gasteiger partial charge in [-0.15, -0.1) is 0 Å². The summed E-state index contributed by atoms with van der Waals surface area (Å²) < 4.78 is 0. The van der Waals surface area contributed by atoms with Gasteiger partial charge in [-0.1, -0.05) is 60.7 Å². The number of hydrogen-bond acceptors (Lipinski definition) is 2. The van der Waals surface area contributed by atoms with Gasteiger partial charge in [0, 0.05) is 13.6 Å². The molecule has 0 heterocycles. The molecule has 0 radical (unpaired) electrons. The number of carbonyl (C=O) groups excluding carboxylic acids is 1. The Kier molecular flexibility index (Phi) is 5.52.